The van der Waals surface area contributed by atoms with Crippen molar-refractivity contribution in [2.24, 2.45) is 0 Å². The maximum atomic E-state index is 13.1. The lowest BCUT2D eigenvalue weighted by Crippen LogP contribution is -2.25. The Hall–Kier alpha value is -4.26. The summed E-state index contributed by atoms with van der Waals surface area (Å²) in [6.07, 6.45) is -3.75. The van der Waals surface area contributed by atoms with Crippen LogP contribution >= 0.6 is 11.6 Å². The molecule has 2 aromatic heterocycles. The number of nitrogens with zero attached hydrogens (tertiary/aromatic N) is 3. The molecule has 4 N–H and O–H groups in total. The second kappa shape index (κ2) is 7.16. The average Bonchev–Trinajstić information content (AvgIpc) is 3.41. The van der Waals surface area contributed by atoms with Crippen LogP contribution in [0, 0.1) is 0 Å². The number of rotatable bonds is 4. The van der Waals surface area contributed by atoms with Crippen LogP contribution in [-0.4, -0.2) is 43.3 Å². The molecule has 0 radical (unpaired) electrons. The zero-order valence-electron chi connectivity index (χ0n) is 15.6. The van der Waals surface area contributed by atoms with Crippen LogP contribution < -0.4 is 20.1 Å². The predicted molar refractivity (Wildman–Crippen MR) is 106 cm³/mol. The molecule has 1 aliphatic heterocycles. The molecular formula is C18H10ClF2N7O4. The van der Waals surface area contributed by atoms with E-state index in [1.54, 1.807) is 18.2 Å². The molecule has 11 nitrogen and oxygen atoms in total. The van der Waals surface area contributed by atoms with Gasteiger partial charge in [0.25, 0.3) is 11.8 Å². The van der Waals surface area contributed by atoms with Crippen molar-refractivity contribution < 1.29 is 27.8 Å². The van der Waals surface area contributed by atoms with E-state index < -0.39 is 18.1 Å². The fraction of sp³-hybridized carbons (Fsp3) is 0.0556. The Kier molecular flexibility index (Phi) is 4.41. The fourth-order valence-electron chi connectivity index (χ4n) is 2.90. The molecule has 0 atom stereocenters. The highest BCUT2D eigenvalue weighted by Crippen LogP contribution is 2.42. The summed E-state index contributed by atoms with van der Waals surface area (Å²) in [5.74, 6) is -1.90. The lowest BCUT2D eigenvalue weighted by Gasteiger charge is -2.04. The smallest absolute Gasteiger partial charge is 0.395 e. The lowest BCUT2D eigenvalue weighted by atomic mass is 10.2. The molecule has 162 valence electrons. The van der Waals surface area contributed by atoms with Crippen LogP contribution in [0.2, 0.25) is 5.02 Å². The van der Waals surface area contributed by atoms with Crippen LogP contribution in [0.3, 0.4) is 0 Å². The van der Waals surface area contributed by atoms with Crippen LogP contribution in [0.1, 0.15) is 21.0 Å². The number of carbonyl (C=O) groups excluding carboxylic acids is 2. The van der Waals surface area contributed by atoms with Gasteiger partial charge in [-0.05, 0) is 18.2 Å². The van der Waals surface area contributed by atoms with Crippen molar-refractivity contribution in [3.8, 4) is 11.5 Å². The van der Waals surface area contributed by atoms with Gasteiger partial charge in [0.05, 0.1) is 11.0 Å². The normalized spacial score (nSPS) is 13.8. The van der Waals surface area contributed by atoms with E-state index in [-0.39, 0.29) is 40.3 Å². The summed E-state index contributed by atoms with van der Waals surface area (Å²) in [5, 5.41) is 11.4. The van der Waals surface area contributed by atoms with Gasteiger partial charge in [-0.1, -0.05) is 17.7 Å². The molecule has 3 heterocycles. The van der Waals surface area contributed by atoms with E-state index in [0.29, 0.717) is 10.5 Å². The highest BCUT2D eigenvalue weighted by molar-refractivity contribution is 6.31. The summed E-state index contributed by atoms with van der Waals surface area (Å²) in [5.41, 5.74) is 0.869. The van der Waals surface area contributed by atoms with Gasteiger partial charge in [0.15, 0.2) is 11.5 Å². The number of imidazole rings is 1. The van der Waals surface area contributed by atoms with Crippen molar-refractivity contribution in [2.75, 3.05) is 10.6 Å². The first-order chi connectivity index (χ1) is 15.3. The molecule has 0 unspecified atom stereocenters. The molecule has 1 aliphatic rings. The van der Waals surface area contributed by atoms with E-state index in [1.807, 2.05) is 0 Å². The number of aromatic nitrogens is 5. The van der Waals surface area contributed by atoms with Crippen molar-refractivity contribution in [1.29, 1.82) is 0 Å². The molecule has 0 saturated carbocycles. The number of halogens is 3. The van der Waals surface area contributed by atoms with Crippen molar-refractivity contribution in [2.45, 2.75) is 6.29 Å². The highest BCUT2D eigenvalue weighted by atomic mass is 35.5. The maximum Gasteiger partial charge on any atom is 0.586 e. The van der Waals surface area contributed by atoms with E-state index in [4.69, 9.17) is 11.6 Å². The van der Waals surface area contributed by atoms with Gasteiger partial charge in [0, 0.05) is 22.7 Å². The summed E-state index contributed by atoms with van der Waals surface area (Å²) in [6, 6.07) is 8.76. The minimum Gasteiger partial charge on any atom is -0.395 e. The maximum absolute atomic E-state index is 13.1. The number of benzene rings is 2. The van der Waals surface area contributed by atoms with Crippen molar-refractivity contribution in [1.82, 2.24) is 25.1 Å². The Balaban J connectivity index is 1.28. The number of ether oxygens (including phenoxy) is 2. The number of carbonyl (C=O) groups is 2. The van der Waals surface area contributed by atoms with Gasteiger partial charge < -0.3 is 14.5 Å². The van der Waals surface area contributed by atoms with Gasteiger partial charge in [-0.3, -0.25) is 25.3 Å². The molecule has 32 heavy (non-hydrogen) atoms. The van der Waals surface area contributed by atoms with Crippen molar-refractivity contribution >= 4 is 46.3 Å². The van der Waals surface area contributed by atoms with Gasteiger partial charge in [-0.25, -0.2) is 4.98 Å². The Labute approximate surface area is 181 Å². The molecule has 14 heteroatoms. The Morgan fingerprint density at radius 2 is 1.81 bits per heavy atom. The first kappa shape index (κ1) is 19.7. The van der Waals surface area contributed by atoms with Crippen molar-refractivity contribution in [3.05, 3.63) is 52.8 Å². The van der Waals surface area contributed by atoms with Crippen molar-refractivity contribution in [3.63, 3.8) is 0 Å². The minimum absolute atomic E-state index is 0.0151. The van der Waals surface area contributed by atoms with Gasteiger partial charge in [-0.2, -0.15) is 4.98 Å². The van der Waals surface area contributed by atoms with Crippen LogP contribution in [-0.2, 0) is 0 Å². The Morgan fingerprint density at radius 1 is 1.03 bits per heavy atom. The number of hydrogen-bond donors (Lipinski definition) is 4. The first-order valence-corrected chi connectivity index (χ1v) is 9.24. The number of nitrogens with one attached hydrogen (secondary N) is 4. The van der Waals surface area contributed by atoms with E-state index in [2.05, 4.69) is 45.3 Å². The number of fused-ring (bicyclic) bond motifs is 2. The zero-order chi connectivity index (χ0) is 22.5. The number of amides is 2. The molecule has 5 rings (SSSR count). The number of anilines is 2. The SMILES string of the molecule is O=C(Nc1n[nH]c(C(=O)Nc2nc3cc4c(cc3[nH]2)OC(F)(F)O4)n1)c1cccc(Cl)c1. The third-order valence-corrected chi connectivity index (χ3v) is 4.48. The number of aromatic amines is 2. The Morgan fingerprint density at radius 3 is 2.59 bits per heavy atom. The van der Waals surface area contributed by atoms with Crippen LogP contribution in [0.25, 0.3) is 11.0 Å². The van der Waals surface area contributed by atoms with Gasteiger partial charge >= 0.3 is 6.29 Å². The van der Waals surface area contributed by atoms with E-state index in [9.17, 15) is 18.4 Å². The third kappa shape index (κ3) is 3.76. The predicted octanol–water partition coefficient (Wildman–Crippen LogP) is 3.16. The lowest BCUT2D eigenvalue weighted by molar-refractivity contribution is -0.286. The van der Waals surface area contributed by atoms with Gasteiger partial charge in [0.2, 0.25) is 17.7 Å². The summed E-state index contributed by atoms with van der Waals surface area (Å²) in [6.45, 7) is 0. The van der Waals surface area contributed by atoms with E-state index in [0.717, 1.165) is 0 Å². The molecule has 0 saturated heterocycles. The van der Waals surface area contributed by atoms with E-state index in [1.165, 1.54) is 18.2 Å². The average molecular weight is 462 g/mol. The molecular weight excluding hydrogens is 452 g/mol. The monoisotopic (exact) mass is 461 g/mol. The molecule has 4 aromatic rings. The first-order valence-electron chi connectivity index (χ1n) is 8.86. The van der Waals surface area contributed by atoms with Gasteiger partial charge in [0.1, 0.15) is 0 Å². The Bertz CT molecular complexity index is 1340. The number of hydrogen-bond acceptors (Lipinski definition) is 7. The second-order valence-corrected chi connectivity index (χ2v) is 6.93. The minimum atomic E-state index is -3.75. The second-order valence-electron chi connectivity index (χ2n) is 6.50. The zero-order valence-corrected chi connectivity index (χ0v) is 16.3. The summed E-state index contributed by atoms with van der Waals surface area (Å²) >= 11 is 5.86. The van der Waals surface area contributed by atoms with Gasteiger partial charge in [-0.15, -0.1) is 13.9 Å². The topological polar surface area (TPSA) is 147 Å². The highest BCUT2D eigenvalue weighted by Gasteiger charge is 2.43. The molecule has 2 aromatic carbocycles. The number of H-pyrrole nitrogens is 2. The molecule has 2 amide bonds. The quantitative estimate of drug-likeness (QED) is 0.365. The molecule has 0 bridgehead atoms. The van der Waals surface area contributed by atoms with E-state index >= 15 is 0 Å². The number of alkyl halides is 2. The molecule has 0 spiro atoms. The fourth-order valence-corrected chi connectivity index (χ4v) is 3.09. The molecule has 0 aliphatic carbocycles. The molecule has 0 fully saturated rings. The van der Waals surface area contributed by atoms with Crippen LogP contribution in [0.15, 0.2) is 36.4 Å². The summed E-state index contributed by atoms with van der Waals surface area (Å²) < 4.78 is 35.0. The summed E-state index contributed by atoms with van der Waals surface area (Å²) in [7, 11) is 0. The van der Waals surface area contributed by atoms with Crippen LogP contribution in [0.5, 0.6) is 11.5 Å². The largest absolute Gasteiger partial charge is 0.586 e. The standard InChI is InChI=1S/C18H10ClF2N7O4/c19-8-3-1-2-7(4-8)14(29)25-17-24-13(27-28-17)15(30)26-16-22-9-5-11-12(6-10(9)23-16)32-18(20,21)31-11/h1-6H,(H2,22,23,26,30)(H2,24,25,27,28,29). The van der Waals surface area contributed by atoms with Crippen LogP contribution in [0.4, 0.5) is 20.7 Å². The summed E-state index contributed by atoms with van der Waals surface area (Å²) in [4.78, 5) is 35.4. The third-order valence-electron chi connectivity index (χ3n) is 4.25.